The first-order valence-electron chi connectivity index (χ1n) is 10.0. The lowest BCUT2D eigenvalue weighted by Crippen LogP contribution is -2.34. The Balaban J connectivity index is 1.88. The highest BCUT2D eigenvalue weighted by Crippen LogP contribution is 2.32. The molecule has 2 aromatic heterocycles. The summed E-state index contributed by atoms with van der Waals surface area (Å²) in [6, 6.07) is 6.09. The van der Waals surface area contributed by atoms with Crippen LogP contribution in [0, 0.1) is 19.8 Å². The van der Waals surface area contributed by atoms with E-state index in [0.29, 0.717) is 5.92 Å². The Morgan fingerprint density at radius 1 is 1.14 bits per heavy atom. The van der Waals surface area contributed by atoms with Crippen molar-refractivity contribution in [3.63, 3.8) is 0 Å². The minimum absolute atomic E-state index is 0.103. The molecule has 144 valence electrons. The molecule has 3 aromatic rings. The summed E-state index contributed by atoms with van der Waals surface area (Å²) in [6.07, 6.45) is 8.41. The molecule has 0 saturated heterocycles. The zero-order valence-corrected chi connectivity index (χ0v) is 16.8. The predicted molar refractivity (Wildman–Crippen MR) is 111 cm³/mol. The molecule has 2 heterocycles. The third-order valence-electron chi connectivity index (χ3n) is 5.29. The first kappa shape index (κ1) is 18.5. The second-order valence-corrected chi connectivity index (χ2v) is 7.85. The highest BCUT2D eigenvalue weighted by atomic mass is 16.2. The van der Waals surface area contributed by atoms with E-state index < -0.39 is 0 Å². The molecule has 0 bridgehead atoms. The monoisotopic (exact) mass is 374 g/mol. The number of aromatic nitrogens is 3. The Hall–Kier alpha value is -2.82. The van der Waals surface area contributed by atoms with Gasteiger partial charge in [-0.3, -0.25) is 4.79 Å². The largest absolute Gasteiger partial charge is 0.338 e. The predicted octanol–water partition coefficient (Wildman–Crippen LogP) is 4.57. The van der Waals surface area contributed by atoms with Gasteiger partial charge >= 0.3 is 0 Å². The summed E-state index contributed by atoms with van der Waals surface area (Å²) in [7, 11) is 0. The standard InChI is InChI=1S/C23H26N4O/c1-4-7-27(13-17-5-6-17)23(28)19-10-20(18-11-24-14-25-12-18)26-21-9-15(2)8-16(3)22(19)21/h8-12,14,17H,4-7,13H2,1-3H3. The van der Waals surface area contributed by atoms with Crippen LogP contribution in [0.3, 0.4) is 0 Å². The molecule has 1 aliphatic carbocycles. The highest BCUT2D eigenvalue weighted by molar-refractivity contribution is 6.08. The summed E-state index contributed by atoms with van der Waals surface area (Å²) >= 11 is 0. The number of amides is 1. The molecule has 5 nitrogen and oxygen atoms in total. The lowest BCUT2D eigenvalue weighted by atomic mass is 9.98. The third kappa shape index (κ3) is 3.75. The Bertz CT molecular complexity index is 1010. The Kier molecular flexibility index (Phi) is 5.07. The third-order valence-corrected chi connectivity index (χ3v) is 5.29. The van der Waals surface area contributed by atoms with Crippen molar-refractivity contribution in [2.24, 2.45) is 5.92 Å². The normalized spacial score (nSPS) is 13.7. The molecule has 1 fully saturated rings. The van der Waals surface area contributed by atoms with E-state index in [9.17, 15) is 4.79 Å². The maximum Gasteiger partial charge on any atom is 0.254 e. The number of hydrogen-bond acceptors (Lipinski definition) is 4. The molecule has 0 unspecified atom stereocenters. The van der Waals surface area contributed by atoms with Gasteiger partial charge in [-0.2, -0.15) is 0 Å². The summed E-state index contributed by atoms with van der Waals surface area (Å²) in [6.45, 7) is 7.88. The lowest BCUT2D eigenvalue weighted by Gasteiger charge is -2.23. The van der Waals surface area contributed by atoms with E-state index in [1.165, 1.54) is 19.2 Å². The van der Waals surface area contributed by atoms with E-state index in [1.807, 2.05) is 11.0 Å². The van der Waals surface area contributed by atoms with Crippen LogP contribution in [0.5, 0.6) is 0 Å². The quantitative estimate of drug-likeness (QED) is 0.634. The summed E-state index contributed by atoms with van der Waals surface area (Å²) in [5.41, 5.74) is 5.37. The second kappa shape index (κ2) is 7.66. The fourth-order valence-corrected chi connectivity index (χ4v) is 3.83. The molecule has 1 amide bonds. The van der Waals surface area contributed by atoms with Gasteiger partial charge in [0.2, 0.25) is 0 Å². The number of rotatable bonds is 6. The molecule has 0 spiro atoms. The van der Waals surface area contributed by atoms with Crippen LogP contribution in [0.25, 0.3) is 22.2 Å². The van der Waals surface area contributed by atoms with E-state index in [2.05, 4.69) is 42.9 Å². The second-order valence-electron chi connectivity index (χ2n) is 7.85. The van der Waals surface area contributed by atoms with Crippen LogP contribution in [0.15, 0.2) is 36.9 Å². The van der Waals surface area contributed by atoms with Gasteiger partial charge < -0.3 is 4.90 Å². The molecule has 5 heteroatoms. The summed E-state index contributed by atoms with van der Waals surface area (Å²) in [4.78, 5) is 28.7. The molecule has 28 heavy (non-hydrogen) atoms. The summed E-state index contributed by atoms with van der Waals surface area (Å²) < 4.78 is 0. The lowest BCUT2D eigenvalue weighted by molar-refractivity contribution is 0.0749. The maximum absolute atomic E-state index is 13.6. The average Bonchev–Trinajstić information content (AvgIpc) is 3.50. The number of aryl methyl sites for hydroxylation is 2. The van der Waals surface area contributed by atoms with Crippen LogP contribution < -0.4 is 0 Å². The summed E-state index contributed by atoms with van der Waals surface area (Å²) in [5.74, 6) is 0.764. The van der Waals surface area contributed by atoms with E-state index >= 15 is 0 Å². The van der Waals surface area contributed by atoms with Crippen molar-refractivity contribution in [1.82, 2.24) is 19.9 Å². The van der Waals surface area contributed by atoms with E-state index in [4.69, 9.17) is 4.98 Å². The maximum atomic E-state index is 13.6. The molecule has 0 atom stereocenters. The molecule has 1 aliphatic rings. The van der Waals surface area contributed by atoms with Crippen LogP contribution >= 0.6 is 0 Å². The molecule has 0 N–H and O–H groups in total. The zero-order valence-electron chi connectivity index (χ0n) is 16.8. The van der Waals surface area contributed by atoms with E-state index in [-0.39, 0.29) is 5.91 Å². The number of carbonyl (C=O) groups is 1. The van der Waals surface area contributed by atoms with Crippen molar-refractivity contribution in [2.75, 3.05) is 13.1 Å². The van der Waals surface area contributed by atoms with Crippen molar-refractivity contribution in [3.05, 3.63) is 53.6 Å². The molecular weight excluding hydrogens is 348 g/mol. The van der Waals surface area contributed by atoms with Gasteiger partial charge in [0.05, 0.1) is 16.8 Å². The van der Waals surface area contributed by atoms with Crippen molar-refractivity contribution >= 4 is 16.8 Å². The van der Waals surface area contributed by atoms with Gasteiger partial charge in [-0.25, -0.2) is 15.0 Å². The number of carbonyl (C=O) groups excluding carboxylic acids is 1. The average molecular weight is 374 g/mol. The fraction of sp³-hybridized carbons (Fsp3) is 0.391. The van der Waals surface area contributed by atoms with Crippen LogP contribution in [-0.2, 0) is 0 Å². The molecule has 0 aliphatic heterocycles. The summed E-state index contributed by atoms with van der Waals surface area (Å²) in [5, 5.41) is 0.952. The molecule has 1 aromatic carbocycles. The minimum Gasteiger partial charge on any atom is -0.338 e. The first-order valence-corrected chi connectivity index (χ1v) is 10.0. The van der Waals surface area contributed by atoms with Crippen molar-refractivity contribution in [2.45, 2.75) is 40.0 Å². The Morgan fingerprint density at radius 2 is 1.89 bits per heavy atom. The number of fused-ring (bicyclic) bond motifs is 1. The van der Waals surface area contributed by atoms with Gasteiger partial charge in [-0.15, -0.1) is 0 Å². The number of hydrogen-bond donors (Lipinski definition) is 0. The van der Waals surface area contributed by atoms with Crippen LogP contribution in [0.4, 0.5) is 0 Å². The van der Waals surface area contributed by atoms with Crippen LogP contribution in [-0.4, -0.2) is 38.8 Å². The topological polar surface area (TPSA) is 59.0 Å². The van der Waals surface area contributed by atoms with Crippen molar-refractivity contribution in [3.8, 4) is 11.3 Å². The molecule has 4 rings (SSSR count). The van der Waals surface area contributed by atoms with Gasteiger partial charge in [0, 0.05) is 36.4 Å². The molecular formula is C23H26N4O. The van der Waals surface area contributed by atoms with E-state index in [0.717, 1.165) is 58.4 Å². The van der Waals surface area contributed by atoms with Crippen molar-refractivity contribution < 1.29 is 4.79 Å². The fourth-order valence-electron chi connectivity index (χ4n) is 3.83. The number of benzene rings is 1. The molecule has 1 saturated carbocycles. The number of pyridine rings is 1. The van der Waals surface area contributed by atoms with Crippen molar-refractivity contribution in [1.29, 1.82) is 0 Å². The SMILES string of the molecule is CCCN(CC1CC1)C(=O)c1cc(-c2cncnc2)nc2cc(C)cc(C)c12. The van der Waals surface area contributed by atoms with Gasteiger partial charge in [0.1, 0.15) is 6.33 Å². The van der Waals surface area contributed by atoms with Gasteiger partial charge in [-0.05, 0) is 62.3 Å². The smallest absolute Gasteiger partial charge is 0.254 e. The zero-order chi connectivity index (χ0) is 19.7. The van der Waals surface area contributed by atoms with Gasteiger partial charge in [0.25, 0.3) is 5.91 Å². The van der Waals surface area contributed by atoms with E-state index in [1.54, 1.807) is 12.4 Å². The first-order chi connectivity index (χ1) is 13.6. The minimum atomic E-state index is 0.103. The van der Waals surface area contributed by atoms with Crippen LogP contribution in [0.2, 0.25) is 0 Å². The molecule has 0 radical (unpaired) electrons. The van der Waals surface area contributed by atoms with Gasteiger partial charge in [0.15, 0.2) is 0 Å². The number of nitrogens with zero attached hydrogens (tertiary/aromatic N) is 4. The highest BCUT2D eigenvalue weighted by Gasteiger charge is 2.28. The Labute approximate surface area is 165 Å². The Morgan fingerprint density at radius 3 is 2.57 bits per heavy atom. The van der Waals surface area contributed by atoms with Gasteiger partial charge in [-0.1, -0.05) is 13.0 Å². The van der Waals surface area contributed by atoms with Crippen LogP contribution in [0.1, 0.15) is 47.7 Å².